The van der Waals surface area contributed by atoms with Gasteiger partial charge in [-0.3, -0.25) is 0 Å². The van der Waals surface area contributed by atoms with E-state index in [2.05, 4.69) is 61.0 Å². The maximum Gasteiger partial charge on any atom is 0.333 e. The molecule has 0 aliphatic carbocycles. The molecule has 0 saturated carbocycles. The Morgan fingerprint density at radius 2 is 1.86 bits per heavy atom. The minimum atomic E-state index is -0.482. The Balaban J connectivity index is 1.57. The van der Waals surface area contributed by atoms with Crippen molar-refractivity contribution >= 4 is 62.3 Å². The van der Waals surface area contributed by atoms with Gasteiger partial charge in [0.15, 0.2) is 17.3 Å². The molecule has 0 amide bonds. The Bertz CT molecular complexity index is 2020. The van der Waals surface area contributed by atoms with Crippen LogP contribution in [0.15, 0.2) is 65.0 Å². The van der Waals surface area contributed by atoms with E-state index >= 15 is 0 Å². The molecule has 3 aromatic heterocycles. The zero-order valence-corrected chi connectivity index (χ0v) is 29.0. The number of methoxy groups -OCH3 is 1. The van der Waals surface area contributed by atoms with Gasteiger partial charge >= 0.3 is 5.97 Å². The summed E-state index contributed by atoms with van der Waals surface area (Å²) in [6, 6.07) is 13.9. The van der Waals surface area contributed by atoms with Crippen molar-refractivity contribution in [1.29, 1.82) is 5.26 Å². The number of nitrogens with zero attached hydrogens (tertiary/aromatic N) is 8. The van der Waals surface area contributed by atoms with Crippen molar-refractivity contribution in [3.63, 3.8) is 0 Å². The summed E-state index contributed by atoms with van der Waals surface area (Å²) in [4.78, 5) is 26.0. The quantitative estimate of drug-likeness (QED) is 0.0468. The van der Waals surface area contributed by atoms with E-state index < -0.39 is 5.97 Å². The van der Waals surface area contributed by atoms with Crippen LogP contribution in [0, 0.1) is 32.1 Å². The van der Waals surface area contributed by atoms with Crippen LogP contribution in [0.2, 0.25) is 0 Å². The monoisotopic (exact) mass is 679 g/mol. The molecule has 5 rings (SSSR count). The van der Waals surface area contributed by atoms with E-state index in [9.17, 15) is 10.1 Å². The van der Waals surface area contributed by atoms with Crippen LogP contribution in [0.1, 0.15) is 36.1 Å². The number of benzene rings is 2. The second kappa shape index (κ2) is 15.5. The second-order valence-corrected chi connectivity index (χ2v) is 12.4. The molecule has 3 heterocycles. The number of esters is 1. The average molecular weight is 680 g/mol. The summed E-state index contributed by atoms with van der Waals surface area (Å²) in [6.07, 6.45) is 1.58. The number of thiazole rings is 1. The fourth-order valence-electron chi connectivity index (χ4n) is 4.94. The molecule has 0 bridgehead atoms. The number of carbonyl (C=O) groups is 1. The predicted octanol–water partition coefficient (Wildman–Crippen LogP) is 7.21. The molecule has 0 aliphatic rings. The fraction of sp³-hybridized carbons (Fsp3) is 0.294. The first kappa shape index (κ1) is 34.6. The van der Waals surface area contributed by atoms with Gasteiger partial charge < -0.3 is 25.4 Å². The van der Waals surface area contributed by atoms with E-state index in [1.165, 1.54) is 16.0 Å². The number of carbonyl (C=O) groups excluding carboxylic acids is 1. The van der Waals surface area contributed by atoms with Crippen molar-refractivity contribution in [1.82, 2.24) is 24.7 Å². The topological polar surface area (TPSA) is 177 Å². The third kappa shape index (κ3) is 8.42. The highest BCUT2D eigenvalue weighted by molar-refractivity contribution is 7.20. The minimum absolute atomic E-state index is 0.0759. The zero-order valence-electron chi connectivity index (χ0n) is 28.2. The summed E-state index contributed by atoms with van der Waals surface area (Å²) in [5.41, 5.74) is 5.61. The number of ether oxygens (including phenoxy) is 2. The first-order valence-corrected chi connectivity index (χ1v) is 16.2. The third-order valence-electron chi connectivity index (χ3n) is 7.11. The Hall–Kier alpha value is -5.72. The Labute approximate surface area is 287 Å². The molecule has 0 saturated heterocycles. The number of aryl methyl sites for hydroxylation is 3. The van der Waals surface area contributed by atoms with Crippen molar-refractivity contribution in [2.75, 3.05) is 42.8 Å². The fourth-order valence-corrected chi connectivity index (χ4v) is 5.83. The lowest BCUT2D eigenvalue weighted by atomic mass is 10.1. The average Bonchev–Trinajstić information content (AvgIpc) is 3.68. The van der Waals surface area contributed by atoms with Crippen LogP contribution in [0.5, 0.6) is 0 Å². The van der Waals surface area contributed by atoms with Crippen LogP contribution >= 0.6 is 11.3 Å². The first-order valence-electron chi connectivity index (χ1n) is 15.4. The maximum absolute atomic E-state index is 11.9. The lowest BCUT2D eigenvalue weighted by molar-refractivity contribution is -0.138. The van der Waals surface area contributed by atoms with Crippen LogP contribution in [-0.2, 0) is 14.3 Å². The number of para-hydroxylation sites is 1. The largest absolute Gasteiger partial charge is 0.460 e. The van der Waals surface area contributed by atoms with E-state index in [-0.39, 0.29) is 42.2 Å². The second-order valence-electron chi connectivity index (χ2n) is 11.4. The standard InChI is InChI=1S/C34H37N11O3S/c1-19(2)32(46)48-13-12-36-33-40-30(37-23(6)18-47-7)28(31(41-33)39-27-21(4)14-20(3)15-22(27)5)42-43-29-24(16-35)17-45(44-29)34-38-25-10-8-9-11-26(25)49-34/h8-11,14-15,17,23H,1,12-13,18H2,2-7H3,(H3,36,37,39,40,41). The number of azo groups is 1. The van der Waals surface area contributed by atoms with E-state index in [0.29, 0.717) is 28.9 Å². The number of fused-ring (bicyclic) bond motifs is 1. The Morgan fingerprint density at radius 3 is 2.55 bits per heavy atom. The predicted molar refractivity (Wildman–Crippen MR) is 191 cm³/mol. The molecule has 14 nitrogen and oxygen atoms in total. The van der Waals surface area contributed by atoms with Crippen molar-refractivity contribution in [2.45, 2.75) is 40.7 Å². The molecule has 3 N–H and O–H groups in total. The van der Waals surface area contributed by atoms with E-state index in [1.807, 2.05) is 52.0 Å². The highest BCUT2D eigenvalue weighted by Crippen LogP contribution is 2.38. The molecule has 5 aromatic rings. The Morgan fingerprint density at radius 1 is 1.12 bits per heavy atom. The molecule has 0 spiro atoms. The summed E-state index contributed by atoms with van der Waals surface area (Å²) < 4.78 is 13.1. The number of rotatable bonds is 14. The Kier molecular flexibility index (Phi) is 10.9. The molecule has 0 aliphatic heterocycles. The summed E-state index contributed by atoms with van der Waals surface area (Å²) in [5, 5.41) is 34.0. The van der Waals surface area contributed by atoms with Gasteiger partial charge in [0.2, 0.25) is 16.9 Å². The van der Waals surface area contributed by atoms with Gasteiger partial charge in [-0.2, -0.15) is 15.2 Å². The van der Waals surface area contributed by atoms with Crippen LogP contribution < -0.4 is 16.0 Å². The summed E-state index contributed by atoms with van der Waals surface area (Å²) >= 11 is 1.45. The molecule has 49 heavy (non-hydrogen) atoms. The summed E-state index contributed by atoms with van der Waals surface area (Å²) in [6.45, 7) is 13.9. The van der Waals surface area contributed by atoms with Gasteiger partial charge in [0.1, 0.15) is 18.2 Å². The number of hydrogen-bond acceptors (Lipinski definition) is 14. The van der Waals surface area contributed by atoms with Gasteiger partial charge in [-0.05, 0) is 57.9 Å². The normalized spacial score (nSPS) is 11.8. The van der Waals surface area contributed by atoms with Gasteiger partial charge in [-0.1, -0.05) is 47.7 Å². The molecule has 0 radical (unpaired) electrons. The maximum atomic E-state index is 11.9. The van der Waals surface area contributed by atoms with E-state index in [1.54, 1.807) is 20.2 Å². The lowest BCUT2D eigenvalue weighted by Gasteiger charge is -2.19. The molecule has 1 unspecified atom stereocenters. The zero-order chi connectivity index (χ0) is 35.1. The van der Waals surface area contributed by atoms with Crippen LogP contribution in [0.4, 0.5) is 34.8 Å². The minimum Gasteiger partial charge on any atom is -0.460 e. The molecule has 1 atom stereocenters. The van der Waals surface area contributed by atoms with Gasteiger partial charge in [0.25, 0.3) is 0 Å². The van der Waals surface area contributed by atoms with Crippen molar-refractivity contribution in [3.05, 3.63) is 77.0 Å². The molecule has 0 fully saturated rings. The van der Waals surface area contributed by atoms with E-state index in [0.717, 1.165) is 32.6 Å². The number of anilines is 4. The number of nitriles is 1. The van der Waals surface area contributed by atoms with Crippen LogP contribution in [0.3, 0.4) is 0 Å². The molecule has 2 aromatic carbocycles. The molecular formula is C34H37N11O3S. The number of hydrogen-bond donors (Lipinski definition) is 3. The van der Waals surface area contributed by atoms with Crippen LogP contribution in [-0.4, -0.2) is 63.6 Å². The van der Waals surface area contributed by atoms with E-state index in [4.69, 9.17) is 19.4 Å². The number of aromatic nitrogens is 5. The first-order chi connectivity index (χ1) is 23.6. The number of nitrogens with one attached hydrogen (secondary N) is 3. The molecule has 15 heteroatoms. The van der Waals surface area contributed by atoms with Crippen molar-refractivity contribution < 1.29 is 14.3 Å². The lowest BCUT2D eigenvalue weighted by Crippen LogP contribution is -2.22. The van der Waals surface area contributed by atoms with Gasteiger partial charge in [-0.25, -0.2) is 14.5 Å². The third-order valence-corrected chi connectivity index (χ3v) is 8.14. The van der Waals surface area contributed by atoms with Gasteiger partial charge in [0, 0.05) is 24.4 Å². The van der Waals surface area contributed by atoms with Crippen molar-refractivity contribution in [2.24, 2.45) is 10.2 Å². The smallest absolute Gasteiger partial charge is 0.333 e. The SMILES string of the molecule is C=C(C)C(=O)OCCNc1nc(Nc2c(C)cc(C)cc2C)c(N=Nc2nn(-c3nc4ccccc4s3)cc2C#N)c(NC(C)COC)n1. The molecule has 252 valence electrons. The highest BCUT2D eigenvalue weighted by Gasteiger charge is 2.20. The summed E-state index contributed by atoms with van der Waals surface area (Å²) in [5.74, 6) is 0.558. The van der Waals surface area contributed by atoms with Crippen molar-refractivity contribution in [3.8, 4) is 11.2 Å². The van der Waals surface area contributed by atoms with Gasteiger partial charge in [0.05, 0.1) is 29.6 Å². The summed E-state index contributed by atoms with van der Waals surface area (Å²) in [7, 11) is 1.61. The van der Waals surface area contributed by atoms with Crippen LogP contribution in [0.25, 0.3) is 15.3 Å². The molecular weight excluding hydrogens is 643 g/mol. The highest BCUT2D eigenvalue weighted by atomic mass is 32.1. The van der Waals surface area contributed by atoms with Gasteiger partial charge in [-0.15, -0.1) is 15.3 Å².